The van der Waals surface area contributed by atoms with Gasteiger partial charge in [0.15, 0.2) is 0 Å². The third kappa shape index (κ3) is 7.93. The van der Waals surface area contributed by atoms with Crippen molar-refractivity contribution in [2.75, 3.05) is 13.2 Å². The van der Waals surface area contributed by atoms with E-state index in [9.17, 15) is 19.4 Å². The van der Waals surface area contributed by atoms with Crippen molar-refractivity contribution in [2.45, 2.75) is 59.7 Å². The Morgan fingerprint density at radius 3 is 2.43 bits per heavy atom. The number of carbonyl (C=O) groups excluding carboxylic acids is 1. The highest BCUT2D eigenvalue weighted by molar-refractivity contribution is 7.47. The Morgan fingerprint density at radius 2 is 1.95 bits per heavy atom. The molecule has 0 saturated carbocycles. The summed E-state index contributed by atoms with van der Waals surface area (Å²) in [5, 5.41) is 12.6. The maximum absolute atomic E-state index is 11.7. The van der Waals surface area contributed by atoms with Crippen molar-refractivity contribution in [1.82, 2.24) is 5.32 Å². The smallest absolute Gasteiger partial charge is 0.383 e. The van der Waals surface area contributed by atoms with E-state index in [4.69, 9.17) is 9.05 Å². The lowest BCUT2D eigenvalue weighted by Gasteiger charge is -2.30. The van der Waals surface area contributed by atoms with Crippen LogP contribution in [0.25, 0.3) is 0 Å². The van der Waals surface area contributed by atoms with Crippen molar-refractivity contribution < 1.29 is 28.4 Å². The molecule has 8 heteroatoms. The van der Waals surface area contributed by atoms with E-state index in [0.717, 1.165) is 6.42 Å². The molecule has 3 N–H and O–H groups in total. The maximum Gasteiger partial charge on any atom is 0.472 e. The van der Waals surface area contributed by atoms with Gasteiger partial charge in [-0.2, -0.15) is 0 Å². The fourth-order valence-electron chi connectivity index (χ4n) is 1.36. The molecule has 3 atom stereocenters. The van der Waals surface area contributed by atoms with Crippen molar-refractivity contribution >= 4 is 13.7 Å². The highest BCUT2D eigenvalue weighted by atomic mass is 31.2. The van der Waals surface area contributed by atoms with Crippen molar-refractivity contribution in [3.05, 3.63) is 0 Å². The largest absolute Gasteiger partial charge is 0.472 e. The average Bonchev–Trinajstić information content (AvgIpc) is 2.41. The molecule has 1 amide bonds. The lowest BCUT2D eigenvalue weighted by Crippen LogP contribution is -2.46. The third-order valence-corrected chi connectivity index (χ3v) is 4.11. The van der Waals surface area contributed by atoms with E-state index in [-0.39, 0.29) is 6.61 Å². The van der Waals surface area contributed by atoms with Crippen LogP contribution in [0.3, 0.4) is 0 Å². The number of phosphoric acid groups is 1. The second kappa shape index (κ2) is 8.86. The number of phosphoric ester groups is 1. The Balaban J connectivity index is 4.52. The number of hydrogen-bond donors (Lipinski definition) is 3. The second-order valence-corrected chi connectivity index (χ2v) is 7.15. The average molecular weight is 325 g/mol. The minimum Gasteiger partial charge on any atom is -0.383 e. The zero-order valence-corrected chi connectivity index (χ0v) is 14.4. The molecular weight excluding hydrogens is 297 g/mol. The van der Waals surface area contributed by atoms with Crippen LogP contribution in [0.15, 0.2) is 0 Å². The first-order valence-corrected chi connectivity index (χ1v) is 8.66. The van der Waals surface area contributed by atoms with E-state index in [1.165, 1.54) is 0 Å². The number of rotatable bonds is 10. The quantitative estimate of drug-likeness (QED) is 0.529. The topological polar surface area (TPSA) is 105 Å². The molecular formula is C13H28NO6P. The van der Waals surface area contributed by atoms with E-state index < -0.39 is 31.4 Å². The lowest BCUT2D eigenvalue weighted by atomic mass is 9.87. The molecule has 0 aromatic carbocycles. The van der Waals surface area contributed by atoms with Crippen LogP contribution in [0.1, 0.15) is 47.5 Å². The molecule has 126 valence electrons. The van der Waals surface area contributed by atoms with Crippen molar-refractivity contribution in [2.24, 2.45) is 5.41 Å². The second-order valence-electron chi connectivity index (χ2n) is 5.75. The molecule has 21 heavy (non-hydrogen) atoms. The Morgan fingerprint density at radius 1 is 1.38 bits per heavy atom. The third-order valence-electron chi connectivity index (χ3n) is 3.03. The van der Waals surface area contributed by atoms with Gasteiger partial charge in [0.25, 0.3) is 0 Å². The lowest BCUT2D eigenvalue weighted by molar-refractivity contribution is -0.137. The summed E-state index contributed by atoms with van der Waals surface area (Å²) in [6, 6.07) is 0. The van der Waals surface area contributed by atoms with Crippen molar-refractivity contribution in [3.8, 4) is 0 Å². The minimum atomic E-state index is -4.20. The number of aliphatic hydroxyl groups excluding tert-OH is 1. The van der Waals surface area contributed by atoms with Crippen LogP contribution in [-0.2, 0) is 18.4 Å². The first kappa shape index (κ1) is 20.5. The van der Waals surface area contributed by atoms with Gasteiger partial charge < -0.3 is 15.3 Å². The van der Waals surface area contributed by atoms with Crippen LogP contribution in [0.4, 0.5) is 0 Å². The van der Waals surface area contributed by atoms with Gasteiger partial charge in [-0.25, -0.2) is 4.57 Å². The summed E-state index contributed by atoms with van der Waals surface area (Å²) >= 11 is 0. The molecule has 0 aliphatic rings. The van der Waals surface area contributed by atoms with E-state index >= 15 is 0 Å². The summed E-state index contributed by atoms with van der Waals surface area (Å²) in [4.78, 5) is 21.3. The molecule has 0 radical (unpaired) electrons. The van der Waals surface area contributed by atoms with Gasteiger partial charge in [0.1, 0.15) is 6.10 Å². The van der Waals surface area contributed by atoms with Crippen LogP contribution in [0.5, 0.6) is 0 Å². The summed E-state index contributed by atoms with van der Waals surface area (Å²) in [6.45, 7) is 8.70. The highest BCUT2D eigenvalue weighted by Crippen LogP contribution is 2.46. The molecule has 0 spiro atoms. The van der Waals surface area contributed by atoms with Gasteiger partial charge in [0.2, 0.25) is 5.91 Å². The maximum atomic E-state index is 11.7. The van der Waals surface area contributed by atoms with E-state index in [0.29, 0.717) is 13.0 Å². The zero-order valence-electron chi connectivity index (χ0n) is 13.5. The van der Waals surface area contributed by atoms with E-state index in [1.807, 2.05) is 13.8 Å². The molecule has 0 aromatic rings. The van der Waals surface area contributed by atoms with Gasteiger partial charge in [0.05, 0.1) is 12.7 Å². The van der Waals surface area contributed by atoms with Crippen molar-refractivity contribution in [1.29, 1.82) is 0 Å². The Kier molecular flexibility index (Phi) is 8.66. The van der Waals surface area contributed by atoms with Gasteiger partial charge in [0, 0.05) is 12.0 Å². The fourth-order valence-corrected chi connectivity index (χ4v) is 2.52. The SMILES string of the molecule is CCCNC(=O)C(O)C(C)(C)COP(=O)(O)OC(C)CC. The van der Waals surface area contributed by atoms with Gasteiger partial charge in [-0.3, -0.25) is 13.8 Å². The first-order valence-electron chi connectivity index (χ1n) is 7.17. The molecule has 0 aliphatic heterocycles. The van der Waals surface area contributed by atoms with Crippen LogP contribution < -0.4 is 5.32 Å². The normalized spacial score (nSPS) is 17.9. The molecule has 3 unspecified atom stereocenters. The van der Waals surface area contributed by atoms with Crippen LogP contribution in [-0.4, -0.2) is 41.3 Å². The van der Waals surface area contributed by atoms with Gasteiger partial charge in [-0.1, -0.05) is 27.7 Å². The molecule has 0 bridgehead atoms. The highest BCUT2D eigenvalue weighted by Gasteiger charge is 2.37. The first-order chi connectivity index (χ1) is 9.55. The molecule has 0 aliphatic carbocycles. The summed E-state index contributed by atoms with van der Waals surface area (Å²) in [5.74, 6) is -0.527. The Labute approximate surface area is 126 Å². The number of aliphatic hydroxyl groups is 1. The standard InChI is InChI=1S/C13H28NO6P/c1-6-8-14-12(16)11(15)13(4,5)9-19-21(17,18)20-10(3)7-2/h10-11,15H,6-9H2,1-5H3,(H,14,16)(H,17,18). The Hall–Kier alpha value is -0.460. The number of carbonyl (C=O) groups is 1. The molecule has 0 aromatic heterocycles. The van der Waals surface area contributed by atoms with Gasteiger partial charge in [-0.15, -0.1) is 0 Å². The molecule has 7 nitrogen and oxygen atoms in total. The number of nitrogens with one attached hydrogen (secondary N) is 1. The van der Waals surface area contributed by atoms with E-state index in [1.54, 1.807) is 20.8 Å². The molecule has 0 saturated heterocycles. The molecule has 0 heterocycles. The predicted molar refractivity (Wildman–Crippen MR) is 79.7 cm³/mol. The molecule has 0 fully saturated rings. The van der Waals surface area contributed by atoms with Crippen LogP contribution in [0, 0.1) is 5.41 Å². The van der Waals surface area contributed by atoms with Crippen LogP contribution in [0.2, 0.25) is 0 Å². The van der Waals surface area contributed by atoms with Gasteiger partial charge in [-0.05, 0) is 19.8 Å². The summed E-state index contributed by atoms with van der Waals surface area (Å²) in [7, 11) is -4.20. The summed E-state index contributed by atoms with van der Waals surface area (Å²) < 4.78 is 21.5. The monoisotopic (exact) mass is 325 g/mol. The minimum absolute atomic E-state index is 0.280. The van der Waals surface area contributed by atoms with Crippen molar-refractivity contribution in [3.63, 3.8) is 0 Å². The van der Waals surface area contributed by atoms with Gasteiger partial charge >= 0.3 is 7.82 Å². The number of amides is 1. The summed E-state index contributed by atoms with van der Waals surface area (Å²) in [5.41, 5.74) is -1.02. The predicted octanol–water partition coefficient (Wildman–Crippen LogP) is 1.83. The van der Waals surface area contributed by atoms with Crippen LogP contribution >= 0.6 is 7.82 Å². The Bertz CT molecular complexity index is 374. The zero-order chi connectivity index (χ0) is 16.7. The van der Waals surface area contributed by atoms with E-state index in [2.05, 4.69) is 5.32 Å². The fraction of sp³-hybridized carbons (Fsp3) is 0.923. The number of hydrogen-bond acceptors (Lipinski definition) is 5. The summed E-state index contributed by atoms with van der Waals surface area (Å²) in [6.07, 6.45) is -0.432. The molecule has 0 rings (SSSR count).